The first-order valence-electron chi connectivity index (χ1n) is 8.59. The summed E-state index contributed by atoms with van der Waals surface area (Å²) >= 11 is 7.05. The van der Waals surface area contributed by atoms with Crippen molar-refractivity contribution in [2.45, 2.75) is 5.92 Å². The topological polar surface area (TPSA) is 76.9 Å². The van der Waals surface area contributed by atoms with E-state index in [1.54, 1.807) is 0 Å². The van der Waals surface area contributed by atoms with Crippen LogP contribution in [-0.2, 0) is 0 Å². The minimum absolute atomic E-state index is 0.178. The van der Waals surface area contributed by atoms with E-state index in [1.165, 1.54) is 11.0 Å². The maximum Gasteiger partial charge on any atom is 0.228 e. The number of hydrogen-bond donors (Lipinski definition) is 2. The summed E-state index contributed by atoms with van der Waals surface area (Å²) < 4.78 is 9.34. The van der Waals surface area contributed by atoms with Gasteiger partial charge >= 0.3 is 0 Å². The van der Waals surface area contributed by atoms with Crippen LogP contribution in [0.2, 0.25) is 0 Å². The maximum atomic E-state index is 8.58. The van der Waals surface area contributed by atoms with Crippen LogP contribution in [0.3, 0.4) is 0 Å². The van der Waals surface area contributed by atoms with E-state index in [-0.39, 0.29) is 11.4 Å². The van der Waals surface area contributed by atoms with Crippen LogP contribution in [0.25, 0.3) is 10.8 Å². The minimum atomic E-state index is -0.215. The van der Waals surface area contributed by atoms with Gasteiger partial charge in [0.25, 0.3) is 0 Å². The predicted molar refractivity (Wildman–Crippen MR) is 115 cm³/mol. The van der Waals surface area contributed by atoms with Gasteiger partial charge in [0.05, 0.1) is 5.56 Å². The molecule has 3 aromatic carbocycles. The molecule has 4 aromatic rings. The number of nitrogen functional groups attached to an aromatic ring is 1. The number of nitrogens with zero attached hydrogens (tertiary/aromatic N) is 2. The molecule has 1 aliphatic heterocycles. The third-order valence-corrected chi connectivity index (χ3v) is 6.04. The van der Waals surface area contributed by atoms with Crippen molar-refractivity contribution in [1.82, 2.24) is 9.66 Å². The lowest BCUT2D eigenvalue weighted by atomic mass is 9.81. The average Bonchev–Trinajstić information content (AvgIpc) is 2.70. The third-order valence-electron chi connectivity index (χ3n) is 5.01. The molecule has 5 rings (SSSR count). The van der Waals surface area contributed by atoms with Crippen molar-refractivity contribution in [3.05, 3.63) is 92.0 Å². The van der Waals surface area contributed by atoms with Crippen LogP contribution in [0.5, 0.6) is 11.6 Å². The minimum Gasteiger partial charge on any atom is -0.438 e. The zero-order valence-electron chi connectivity index (χ0n) is 14.5. The van der Waals surface area contributed by atoms with Crippen LogP contribution in [0.15, 0.2) is 69.9 Å². The Morgan fingerprint density at radius 3 is 2.50 bits per heavy atom. The molecule has 5 nitrogen and oxygen atoms in total. The molecule has 7 heteroatoms. The summed E-state index contributed by atoms with van der Waals surface area (Å²) in [5.41, 5.74) is 2.90. The highest BCUT2D eigenvalue weighted by atomic mass is 79.9. The van der Waals surface area contributed by atoms with Gasteiger partial charge in [-0.25, -0.2) is 9.66 Å². The molecule has 28 heavy (non-hydrogen) atoms. The first-order valence-corrected chi connectivity index (χ1v) is 10.2. The zero-order chi connectivity index (χ0) is 19.4. The van der Waals surface area contributed by atoms with E-state index < -0.39 is 0 Å². The molecule has 1 aliphatic rings. The summed E-state index contributed by atoms with van der Waals surface area (Å²) in [4.78, 5) is 4.34. The fourth-order valence-electron chi connectivity index (χ4n) is 3.75. The summed E-state index contributed by atoms with van der Waals surface area (Å²) in [5, 5.41) is 10.8. The van der Waals surface area contributed by atoms with E-state index in [0.717, 1.165) is 36.6 Å². The predicted octanol–water partition coefficient (Wildman–Crippen LogP) is 5.04. The van der Waals surface area contributed by atoms with Gasteiger partial charge in [0.2, 0.25) is 5.88 Å². The van der Waals surface area contributed by atoms with Gasteiger partial charge in [0, 0.05) is 20.4 Å². The first kappa shape index (κ1) is 17.5. The summed E-state index contributed by atoms with van der Waals surface area (Å²) in [7, 11) is 0. The number of aromatic nitrogens is 2. The number of fused-ring (bicyclic) bond motifs is 4. The second kappa shape index (κ2) is 6.46. The van der Waals surface area contributed by atoms with Crippen molar-refractivity contribution in [3.8, 4) is 11.6 Å². The largest absolute Gasteiger partial charge is 0.438 e. The Balaban J connectivity index is 1.89. The molecule has 0 spiro atoms. The number of rotatable bonds is 1. The van der Waals surface area contributed by atoms with E-state index in [0.29, 0.717) is 11.4 Å². The van der Waals surface area contributed by atoms with Gasteiger partial charge < -0.3 is 10.6 Å². The Kier molecular flexibility index (Phi) is 4.03. The maximum absolute atomic E-state index is 8.58. The highest BCUT2D eigenvalue weighted by Crippen LogP contribution is 2.48. The quantitative estimate of drug-likeness (QED) is 0.318. The molecule has 0 amide bonds. The molecule has 1 atom stereocenters. The normalized spacial score (nSPS) is 15.0. The monoisotopic (exact) mass is 496 g/mol. The second-order valence-corrected chi connectivity index (χ2v) is 8.48. The molecule has 0 fully saturated rings. The Bertz CT molecular complexity index is 1300. The first-order chi connectivity index (χ1) is 13.5. The SMILES string of the molecule is N=c1c2c(ncn1N)Oc1ccc3cc(Br)ccc3c1C2c1ccc(Br)cc1. The summed E-state index contributed by atoms with van der Waals surface area (Å²) in [6, 6.07) is 18.3. The molecule has 3 N–H and O–H groups in total. The van der Waals surface area contributed by atoms with Gasteiger partial charge in [0.1, 0.15) is 12.1 Å². The molecular weight excluding hydrogens is 484 g/mol. The Labute approximate surface area is 177 Å². The highest BCUT2D eigenvalue weighted by molar-refractivity contribution is 9.10. The van der Waals surface area contributed by atoms with E-state index in [9.17, 15) is 0 Å². The molecule has 0 saturated carbocycles. The lowest BCUT2D eigenvalue weighted by Gasteiger charge is -2.29. The van der Waals surface area contributed by atoms with Crippen LogP contribution >= 0.6 is 31.9 Å². The van der Waals surface area contributed by atoms with Crippen LogP contribution < -0.4 is 16.1 Å². The molecule has 1 unspecified atom stereocenters. The van der Waals surface area contributed by atoms with Gasteiger partial charge in [-0.1, -0.05) is 56.1 Å². The number of benzene rings is 3. The van der Waals surface area contributed by atoms with Gasteiger partial charge in [0.15, 0.2) is 5.49 Å². The zero-order valence-corrected chi connectivity index (χ0v) is 17.7. The number of halogens is 2. The third kappa shape index (κ3) is 2.65. The molecular formula is C21H14Br2N4O. The highest BCUT2D eigenvalue weighted by Gasteiger charge is 2.33. The van der Waals surface area contributed by atoms with Gasteiger partial charge in [-0.05, 0) is 46.7 Å². The van der Waals surface area contributed by atoms with E-state index in [4.69, 9.17) is 16.0 Å². The number of ether oxygens (including phenoxy) is 1. The lowest BCUT2D eigenvalue weighted by Crippen LogP contribution is -2.33. The fraction of sp³-hybridized carbons (Fsp3) is 0.0476. The van der Waals surface area contributed by atoms with Crippen molar-refractivity contribution >= 4 is 42.6 Å². The van der Waals surface area contributed by atoms with Crippen LogP contribution in [0, 0.1) is 5.41 Å². The lowest BCUT2D eigenvalue weighted by molar-refractivity contribution is 0.427. The Morgan fingerprint density at radius 1 is 0.964 bits per heavy atom. The Hall–Kier alpha value is -2.64. The fourth-order valence-corrected chi connectivity index (χ4v) is 4.40. The van der Waals surface area contributed by atoms with E-state index >= 15 is 0 Å². The van der Waals surface area contributed by atoms with Crippen molar-refractivity contribution < 1.29 is 4.74 Å². The molecule has 138 valence electrons. The summed E-state index contributed by atoms with van der Waals surface area (Å²) in [6.45, 7) is 0. The standard InChI is InChI=1S/C21H14Br2N4O/c22-13-4-1-11(2-5-13)17-18-15-7-6-14(23)9-12(15)3-8-16(18)28-21-19(17)20(24)27(25)10-26-21/h1-10,17,24H,25H2. The van der Waals surface area contributed by atoms with Crippen LogP contribution in [0.1, 0.15) is 22.6 Å². The molecule has 0 bridgehead atoms. The molecule has 0 radical (unpaired) electrons. The smallest absolute Gasteiger partial charge is 0.228 e. The van der Waals surface area contributed by atoms with Crippen molar-refractivity contribution in [3.63, 3.8) is 0 Å². The van der Waals surface area contributed by atoms with Crippen molar-refractivity contribution in [1.29, 1.82) is 5.41 Å². The molecule has 2 heterocycles. The Morgan fingerprint density at radius 2 is 1.71 bits per heavy atom. The molecule has 0 saturated heterocycles. The van der Waals surface area contributed by atoms with Crippen molar-refractivity contribution in [2.75, 3.05) is 5.84 Å². The van der Waals surface area contributed by atoms with Gasteiger partial charge in [-0.15, -0.1) is 0 Å². The van der Waals surface area contributed by atoms with Gasteiger partial charge in [-0.3, -0.25) is 5.41 Å². The molecule has 0 aliphatic carbocycles. The second-order valence-electron chi connectivity index (χ2n) is 6.65. The average molecular weight is 498 g/mol. The number of hydrogen-bond acceptors (Lipinski definition) is 4. The molecule has 1 aromatic heterocycles. The van der Waals surface area contributed by atoms with Crippen molar-refractivity contribution in [2.24, 2.45) is 0 Å². The van der Waals surface area contributed by atoms with Crippen LogP contribution in [0.4, 0.5) is 0 Å². The number of nitrogens with one attached hydrogen (secondary N) is 1. The van der Waals surface area contributed by atoms with Gasteiger partial charge in [-0.2, -0.15) is 0 Å². The summed E-state index contributed by atoms with van der Waals surface area (Å²) in [6.07, 6.45) is 1.41. The summed E-state index contributed by atoms with van der Waals surface area (Å²) in [5.74, 6) is 6.91. The van der Waals surface area contributed by atoms with E-state index in [2.05, 4.69) is 61.1 Å². The van der Waals surface area contributed by atoms with Crippen LogP contribution in [-0.4, -0.2) is 9.66 Å². The van der Waals surface area contributed by atoms with E-state index in [1.807, 2.05) is 30.3 Å². The number of nitrogens with two attached hydrogens (primary N) is 1.